The van der Waals surface area contributed by atoms with E-state index >= 15 is 0 Å². The summed E-state index contributed by atoms with van der Waals surface area (Å²) in [5, 5.41) is 3.39. The summed E-state index contributed by atoms with van der Waals surface area (Å²) >= 11 is 0. The summed E-state index contributed by atoms with van der Waals surface area (Å²) in [6, 6.07) is 6.18. The molecule has 1 aliphatic rings. The fourth-order valence-electron chi connectivity index (χ4n) is 2.98. The molecule has 1 N–H and O–H groups in total. The first-order valence-electron chi connectivity index (χ1n) is 8.26. The lowest BCUT2D eigenvalue weighted by Crippen LogP contribution is -2.46. The molecule has 1 fully saturated rings. The van der Waals surface area contributed by atoms with Crippen molar-refractivity contribution in [1.29, 1.82) is 0 Å². The van der Waals surface area contributed by atoms with Gasteiger partial charge in [-0.25, -0.2) is 0 Å². The van der Waals surface area contributed by atoms with E-state index < -0.39 is 0 Å². The largest absolute Gasteiger partial charge is 0.496 e. The molecule has 2 rings (SSSR count). The van der Waals surface area contributed by atoms with Crippen LogP contribution in [0.15, 0.2) is 23.2 Å². The number of ether oxygens (including phenoxy) is 2. The lowest BCUT2D eigenvalue weighted by Gasteiger charge is -2.33. The molecule has 25 heavy (non-hydrogen) atoms. The molecule has 0 bridgehead atoms. The third-order valence-electron chi connectivity index (χ3n) is 4.46. The van der Waals surface area contributed by atoms with Crippen molar-refractivity contribution in [3.05, 3.63) is 29.3 Å². The number of aliphatic imine (C=N–C) groups is 1. The highest BCUT2D eigenvalue weighted by atomic mass is 127. The average molecular weight is 461 g/mol. The number of halogens is 1. The van der Waals surface area contributed by atoms with Gasteiger partial charge >= 0.3 is 5.97 Å². The van der Waals surface area contributed by atoms with Crippen molar-refractivity contribution in [2.24, 2.45) is 10.9 Å². The quantitative estimate of drug-likeness (QED) is 0.323. The van der Waals surface area contributed by atoms with Gasteiger partial charge in [0.2, 0.25) is 0 Å². The van der Waals surface area contributed by atoms with E-state index in [1.807, 2.05) is 13.0 Å². The molecule has 0 amide bonds. The highest BCUT2D eigenvalue weighted by Crippen LogP contribution is 2.20. The highest BCUT2D eigenvalue weighted by molar-refractivity contribution is 14.0. The molecule has 0 spiro atoms. The topological polar surface area (TPSA) is 63.2 Å². The van der Waals surface area contributed by atoms with Gasteiger partial charge in [0.15, 0.2) is 5.96 Å². The summed E-state index contributed by atoms with van der Waals surface area (Å²) in [7, 11) is 4.92. The standard InChI is InChI=1S/C18H27N3O3.HI/c1-13-5-6-14(11-16(13)23-3)12-20-18(19-2)21-9-7-15(8-10-21)17(22)24-4;/h5-6,11,15H,7-10,12H2,1-4H3,(H,19,20);1H. The summed E-state index contributed by atoms with van der Waals surface area (Å²) < 4.78 is 10.2. The Bertz CT molecular complexity index is 599. The van der Waals surface area contributed by atoms with Gasteiger partial charge in [0.05, 0.1) is 20.1 Å². The molecule has 0 saturated carbocycles. The van der Waals surface area contributed by atoms with Gasteiger partial charge in [0.1, 0.15) is 5.75 Å². The number of carbonyl (C=O) groups is 1. The van der Waals surface area contributed by atoms with Gasteiger partial charge in [0, 0.05) is 26.7 Å². The Balaban J connectivity index is 0.00000312. The number of likely N-dealkylation sites (tertiary alicyclic amines) is 1. The zero-order valence-corrected chi connectivity index (χ0v) is 17.7. The molecular weight excluding hydrogens is 433 g/mol. The van der Waals surface area contributed by atoms with E-state index in [9.17, 15) is 4.79 Å². The maximum atomic E-state index is 11.6. The van der Waals surface area contributed by atoms with Crippen LogP contribution >= 0.6 is 24.0 Å². The van der Waals surface area contributed by atoms with Crippen LogP contribution < -0.4 is 10.1 Å². The molecule has 1 aliphatic heterocycles. The second-order valence-corrected chi connectivity index (χ2v) is 5.99. The van der Waals surface area contributed by atoms with Gasteiger partial charge in [-0.05, 0) is 37.0 Å². The molecule has 6 nitrogen and oxygen atoms in total. The minimum atomic E-state index is -0.107. The maximum Gasteiger partial charge on any atom is 0.308 e. The molecular formula is C18H28IN3O3. The Kier molecular flexibility index (Phi) is 9.02. The molecule has 1 saturated heterocycles. The van der Waals surface area contributed by atoms with E-state index in [0.717, 1.165) is 48.8 Å². The SMILES string of the molecule is CN=C(NCc1ccc(C)c(OC)c1)N1CCC(C(=O)OC)CC1.I. The molecule has 0 aliphatic carbocycles. The minimum Gasteiger partial charge on any atom is -0.496 e. The normalized spacial score (nSPS) is 15.4. The summed E-state index contributed by atoms with van der Waals surface area (Å²) in [5.74, 6) is 1.65. The van der Waals surface area contributed by atoms with Crippen LogP contribution in [0.5, 0.6) is 5.75 Å². The lowest BCUT2D eigenvalue weighted by atomic mass is 9.97. The van der Waals surface area contributed by atoms with Gasteiger partial charge in [-0.2, -0.15) is 0 Å². The summed E-state index contributed by atoms with van der Waals surface area (Å²) in [4.78, 5) is 18.2. The second-order valence-electron chi connectivity index (χ2n) is 5.99. The van der Waals surface area contributed by atoms with Gasteiger partial charge in [-0.1, -0.05) is 12.1 Å². The number of nitrogens with one attached hydrogen (secondary N) is 1. The summed E-state index contributed by atoms with van der Waals surface area (Å²) in [6.07, 6.45) is 1.59. The van der Waals surface area contributed by atoms with Crippen LogP contribution in [0.3, 0.4) is 0 Å². The number of guanidine groups is 1. The summed E-state index contributed by atoms with van der Waals surface area (Å²) in [6.45, 7) is 4.31. The Morgan fingerprint density at radius 2 is 2.00 bits per heavy atom. The number of rotatable bonds is 4. The van der Waals surface area contributed by atoms with Crippen LogP contribution in [0.1, 0.15) is 24.0 Å². The summed E-state index contributed by atoms with van der Waals surface area (Å²) in [5.41, 5.74) is 2.26. The van der Waals surface area contributed by atoms with E-state index in [0.29, 0.717) is 6.54 Å². The van der Waals surface area contributed by atoms with Crippen LogP contribution in [0, 0.1) is 12.8 Å². The van der Waals surface area contributed by atoms with Crippen LogP contribution in [0.4, 0.5) is 0 Å². The van der Waals surface area contributed by atoms with E-state index in [4.69, 9.17) is 9.47 Å². The second kappa shape index (κ2) is 10.5. The zero-order valence-electron chi connectivity index (χ0n) is 15.4. The average Bonchev–Trinajstić information content (AvgIpc) is 2.63. The number of aryl methyl sites for hydroxylation is 1. The fourth-order valence-corrected chi connectivity index (χ4v) is 2.98. The number of carbonyl (C=O) groups excluding carboxylic acids is 1. The minimum absolute atomic E-state index is 0. The van der Waals surface area contributed by atoms with Crippen molar-refractivity contribution in [2.75, 3.05) is 34.4 Å². The van der Waals surface area contributed by atoms with Gasteiger partial charge in [0.25, 0.3) is 0 Å². The number of methoxy groups -OCH3 is 2. The van der Waals surface area contributed by atoms with Gasteiger partial charge in [-0.3, -0.25) is 9.79 Å². The Labute approximate surface area is 167 Å². The number of hydrogen-bond donors (Lipinski definition) is 1. The van der Waals surface area contributed by atoms with E-state index in [2.05, 4.69) is 27.3 Å². The highest BCUT2D eigenvalue weighted by Gasteiger charge is 2.26. The van der Waals surface area contributed by atoms with Crippen molar-refractivity contribution >= 4 is 35.9 Å². The van der Waals surface area contributed by atoms with Crippen molar-refractivity contribution in [3.8, 4) is 5.75 Å². The molecule has 1 aromatic rings. The number of nitrogens with zero attached hydrogens (tertiary/aromatic N) is 2. The Hall–Kier alpha value is -1.51. The number of benzene rings is 1. The van der Waals surface area contributed by atoms with Crippen LogP contribution in [-0.2, 0) is 16.1 Å². The third-order valence-corrected chi connectivity index (χ3v) is 4.46. The van der Waals surface area contributed by atoms with Crippen LogP contribution in [0.25, 0.3) is 0 Å². The molecule has 0 radical (unpaired) electrons. The Morgan fingerprint density at radius 3 is 2.56 bits per heavy atom. The molecule has 1 heterocycles. The van der Waals surface area contributed by atoms with Crippen molar-refractivity contribution in [2.45, 2.75) is 26.3 Å². The van der Waals surface area contributed by atoms with Crippen molar-refractivity contribution in [3.63, 3.8) is 0 Å². The molecule has 1 aromatic carbocycles. The number of esters is 1. The molecule has 140 valence electrons. The monoisotopic (exact) mass is 461 g/mol. The van der Waals surface area contributed by atoms with Gasteiger partial charge in [-0.15, -0.1) is 24.0 Å². The molecule has 0 unspecified atom stereocenters. The first-order valence-corrected chi connectivity index (χ1v) is 8.26. The molecule has 0 aromatic heterocycles. The molecule has 7 heteroatoms. The number of hydrogen-bond acceptors (Lipinski definition) is 4. The van der Waals surface area contributed by atoms with Crippen molar-refractivity contribution < 1.29 is 14.3 Å². The smallest absolute Gasteiger partial charge is 0.308 e. The van der Waals surface area contributed by atoms with Crippen LogP contribution in [0.2, 0.25) is 0 Å². The van der Waals surface area contributed by atoms with Crippen LogP contribution in [-0.4, -0.2) is 51.2 Å². The number of piperidine rings is 1. The first-order chi connectivity index (χ1) is 11.6. The predicted octanol–water partition coefficient (Wildman–Crippen LogP) is 2.58. The Morgan fingerprint density at radius 1 is 1.32 bits per heavy atom. The first kappa shape index (κ1) is 21.5. The van der Waals surface area contributed by atoms with E-state index in [1.165, 1.54) is 7.11 Å². The zero-order chi connectivity index (χ0) is 17.5. The van der Waals surface area contributed by atoms with E-state index in [-0.39, 0.29) is 35.9 Å². The third kappa shape index (κ3) is 5.76. The predicted molar refractivity (Wildman–Crippen MR) is 110 cm³/mol. The lowest BCUT2D eigenvalue weighted by molar-refractivity contribution is -0.146. The molecule has 0 atom stereocenters. The fraction of sp³-hybridized carbons (Fsp3) is 0.556. The van der Waals surface area contributed by atoms with E-state index in [1.54, 1.807) is 14.2 Å². The maximum absolute atomic E-state index is 11.6. The van der Waals surface area contributed by atoms with Gasteiger partial charge < -0.3 is 19.7 Å². The van der Waals surface area contributed by atoms with Crippen molar-refractivity contribution in [1.82, 2.24) is 10.2 Å².